The molecule has 9 nitrogen and oxygen atoms in total. The molecule has 3 heterocycles. The molecule has 10 heteroatoms. The molecule has 0 aliphatic carbocycles. The first kappa shape index (κ1) is 23.1. The lowest BCUT2D eigenvalue weighted by Gasteiger charge is -2.29. The summed E-state index contributed by atoms with van der Waals surface area (Å²) >= 11 is 6.40. The van der Waals surface area contributed by atoms with Crippen molar-refractivity contribution < 1.29 is 4.74 Å². The molecule has 1 aliphatic heterocycles. The van der Waals surface area contributed by atoms with Gasteiger partial charge in [-0.1, -0.05) is 23.7 Å². The van der Waals surface area contributed by atoms with Crippen molar-refractivity contribution in [1.29, 1.82) is 0 Å². The number of H-pyrrole nitrogens is 1. The lowest BCUT2D eigenvalue weighted by molar-refractivity contribution is 0.114. The van der Waals surface area contributed by atoms with E-state index in [9.17, 15) is 0 Å². The van der Waals surface area contributed by atoms with E-state index in [1.807, 2.05) is 55.5 Å². The van der Waals surface area contributed by atoms with E-state index < -0.39 is 0 Å². The highest BCUT2D eigenvalue weighted by molar-refractivity contribution is 6.33. The summed E-state index contributed by atoms with van der Waals surface area (Å²) in [5, 5.41) is 14.1. The first-order valence-electron chi connectivity index (χ1n) is 11.5. The van der Waals surface area contributed by atoms with Gasteiger partial charge in [0.15, 0.2) is 11.6 Å². The summed E-state index contributed by atoms with van der Waals surface area (Å²) < 4.78 is 6.13. The monoisotopic (exact) mass is 490 g/mol. The van der Waals surface area contributed by atoms with Crippen LogP contribution in [0.3, 0.4) is 0 Å². The molecule has 5 rings (SSSR count). The van der Waals surface area contributed by atoms with Gasteiger partial charge in [0.1, 0.15) is 22.7 Å². The maximum Gasteiger partial charge on any atom is 0.229 e. The first-order chi connectivity index (χ1) is 17.0. The number of likely N-dealkylation sites (tertiary alicyclic amines) is 1. The number of benzene rings is 2. The molecule has 1 saturated heterocycles. The van der Waals surface area contributed by atoms with Crippen molar-refractivity contribution in [3.63, 3.8) is 0 Å². The molecule has 0 saturated carbocycles. The zero-order valence-electron chi connectivity index (χ0n) is 19.6. The van der Waals surface area contributed by atoms with Crippen molar-refractivity contribution in [3.8, 4) is 17.1 Å². The van der Waals surface area contributed by atoms with Crippen molar-refractivity contribution >= 4 is 34.7 Å². The fraction of sp³-hybridized carbons (Fsp3) is 0.280. The number of hydrogen-bond donors (Lipinski definition) is 3. The Balaban J connectivity index is 1.28. The normalized spacial score (nSPS) is 14.6. The zero-order chi connectivity index (χ0) is 24.2. The SMILES string of the molecule is Cc1nc(-c2ccccc2Nc2nc(Nc3ccc(OC4CCN(C)CC4)cc3)ncc2Cl)n[nH]1. The fourth-order valence-electron chi connectivity index (χ4n) is 3.93. The number of aromatic nitrogens is 5. The van der Waals surface area contributed by atoms with Gasteiger partial charge < -0.3 is 20.3 Å². The molecular formula is C25H27ClN8O. The lowest BCUT2D eigenvalue weighted by atomic mass is 10.1. The third-order valence-electron chi connectivity index (χ3n) is 5.84. The predicted molar refractivity (Wildman–Crippen MR) is 138 cm³/mol. The van der Waals surface area contributed by atoms with Gasteiger partial charge in [-0.2, -0.15) is 10.1 Å². The Bertz CT molecular complexity index is 1280. The number of ether oxygens (including phenoxy) is 1. The predicted octanol–water partition coefficient (Wildman–Crippen LogP) is 5.18. The quantitative estimate of drug-likeness (QED) is 0.325. The van der Waals surface area contributed by atoms with Gasteiger partial charge in [0, 0.05) is 24.3 Å². The van der Waals surface area contributed by atoms with Crippen molar-refractivity contribution in [2.24, 2.45) is 0 Å². The smallest absolute Gasteiger partial charge is 0.229 e. The van der Waals surface area contributed by atoms with Gasteiger partial charge in [0.05, 0.1) is 11.9 Å². The van der Waals surface area contributed by atoms with Crippen LogP contribution in [0.15, 0.2) is 54.7 Å². The zero-order valence-corrected chi connectivity index (χ0v) is 20.4. The van der Waals surface area contributed by atoms with Gasteiger partial charge in [-0.05, 0) is 63.2 Å². The Labute approximate surface area is 208 Å². The molecule has 2 aromatic carbocycles. The lowest BCUT2D eigenvalue weighted by Crippen LogP contribution is -2.35. The second kappa shape index (κ2) is 10.3. The molecule has 1 aliphatic rings. The van der Waals surface area contributed by atoms with Gasteiger partial charge >= 0.3 is 0 Å². The van der Waals surface area contributed by atoms with Crippen LogP contribution in [0.5, 0.6) is 5.75 Å². The summed E-state index contributed by atoms with van der Waals surface area (Å²) in [5.41, 5.74) is 2.47. The number of rotatable bonds is 7. The Morgan fingerprint density at radius 1 is 1.03 bits per heavy atom. The summed E-state index contributed by atoms with van der Waals surface area (Å²) in [4.78, 5) is 15.7. The second-order valence-corrected chi connectivity index (χ2v) is 8.98. The van der Waals surface area contributed by atoms with E-state index in [-0.39, 0.29) is 6.10 Å². The maximum atomic E-state index is 6.40. The van der Waals surface area contributed by atoms with E-state index in [1.165, 1.54) is 0 Å². The van der Waals surface area contributed by atoms with Crippen LogP contribution in [0.4, 0.5) is 23.1 Å². The molecule has 4 aromatic rings. The summed E-state index contributed by atoms with van der Waals surface area (Å²) in [6.45, 7) is 3.99. The van der Waals surface area contributed by atoms with Crippen LogP contribution < -0.4 is 15.4 Å². The van der Waals surface area contributed by atoms with E-state index in [0.29, 0.717) is 22.6 Å². The van der Waals surface area contributed by atoms with Crippen molar-refractivity contribution in [1.82, 2.24) is 30.0 Å². The summed E-state index contributed by atoms with van der Waals surface area (Å²) in [7, 11) is 2.15. The van der Waals surface area contributed by atoms with E-state index in [1.54, 1.807) is 6.20 Å². The number of nitrogens with zero attached hydrogens (tertiary/aromatic N) is 5. The van der Waals surface area contributed by atoms with Crippen LogP contribution in [-0.2, 0) is 0 Å². The van der Waals surface area contributed by atoms with Crippen LogP contribution in [0, 0.1) is 6.92 Å². The van der Waals surface area contributed by atoms with E-state index in [2.05, 4.69) is 47.7 Å². The standard InChI is InChI=1S/C25H27ClN8O/c1-16-28-23(33-32-16)20-5-3-4-6-22(20)30-24-21(26)15-27-25(31-24)29-17-7-9-18(10-8-17)35-19-11-13-34(2)14-12-19/h3-10,15,19H,11-14H2,1-2H3,(H,28,32,33)(H2,27,29,30,31). The molecule has 3 N–H and O–H groups in total. The summed E-state index contributed by atoms with van der Waals surface area (Å²) in [6, 6.07) is 15.6. The van der Waals surface area contributed by atoms with Gasteiger partial charge in [-0.25, -0.2) is 9.97 Å². The number of piperidine rings is 1. The average molecular weight is 491 g/mol. The number of para-hydroxylation sites is 1. The molecule has 180 valence electrons. The fourth-order valence-corrected chi connectivity index (χ4v) is 4.07. The maximum absolute atomic E-state index is 6.40. The number of halogens is 1. The van der Waals surface area contributed by atoms with E-state index >= 15 is 0 Å². The minimum absolute atomic E-state index is 0.265. The minimum Gasteiger partial charge on any atom is -0.490 e. The number of aromatic amines is 1. The van der Waals surface area contributed by atoms with Crippen molar-refractivity contribution in [2.75, 3.05) is 30.8 Å². The molecule has 0 bridgehead atoms. The third kappa shape index (κ3) is 5.70. The van der Waals surface area contributed by atoms with Crippen LogP contribution in [0.2, 0.25) is 5.02 Å². The molecule has 1 fully saturated rings. The van der Waals surface area contributed by atoms with Crippen LogP contribution >= 0.6 is 11.6 Å². The Kier molecular flexibility index (Phi) is 6.78. The molecule has 0 unspecified atom stereocenters. The molecule has 0 atom stereocenters. The Morgan fingerprint density at radius 3 is 2.54 bits per heavy atom. The third-order valence-corrected chi connectivity index (χ3v) is 6.12. The Hall–Kier alpha value is -3.69. The van der Waals surface area contributed by atoms with Crippen LogP contribution in [0.1, 0.15) is 18.7 Å². The Morgan fingerprint density at radius 2 is 1.80 bits per heavy atom. The van der Waals surface area contributed by atoms with Crippen molar-refractivity contribution in [2.45, 2.75) is 25.9 Å². The van der Waals surface area contributed by atoms with Gasteiger partial charge in [-0.15, -0.1) is 0 Å². The van der Waals surface area contributed by atoms with Gasteiger partial charge in [0.25, 0.3) is 0 Å². The highest BCUT2D eigenvalue weighted by atomic mass is 35.5. The van der Waals surface area contributed by atoms with Crippen LogP contribution in [-0.4, -0.2) is 56.3 Å². The highest BCUT2D eigenvalue weighted by Gasteiger charge is 2.18. The summed E-state index contributed by atoms with van der Waals surface area (Å²) in [6.07, 6.45) is 3.92. The number of anilines is 4. The van der Waals surface area contributed by atoms with E-state index in [0.717, 1.165) is 54.4 Å². The van der Waals surface area contributed by atoms with Crippen LogP contribution in [0.25, 0.3) is 11.4 Å². The molecule has 0 spiro atoms. The van der Waals surface area contributed by atoms with Crippen molar-refractivity contribution in [3.05, 3.63) is 65.6 Å². The largest absolute Gasteiger partial charge is 0.490 e. The second-order valence-electron chi connectivity index (χ2n) is 8.58. The minimum atomic E-state index is 0.265. The van der Waals surface area contributed by atoms with E-state index in [4.69, 9.17) is 16.3 Å². The number of aryl methyl sites for hydroxylation is 1. The topological polar surface area (TPSA) is 104 Å². The molecule has 35 heavy (non-hydrogen) atoms. The molecule has 0 amide bonds. The molecule has 2 aromatic heterocycles. The summed E-state index contributed by atoms with van der Waals surface area (Å²) in [5.74, 6) is 3.10. The number of hydrogen-bond acceptors (Lipinski definition) is 8. The molecular weight excluding hydrogens is 464 g/mol. The number of nitrogens with one attached hydrogen (secondary N) is 3. The van der Waals surface area contributed by atoms with Gasteiger partial charge in [-0.3, -0.25) is 5.10 Å². The average Bonchev–Trinajstić information content (AvgIpc) is 3.30. The first-order valence-corrected chi connectivity index (χ1v) is 11.9. The van der Waals surface area contributed by atoms with Gasteiger partial charge in [0.2, 0.25) is 5.95 Å². The highest BCUT2D eigenvalue weighted by Crippen LogP contribution is 2.31. The molecule has 0 radical (unpaired) electrons.